The molecule has 0 aliphatic carbocycles. The van der Waals surface area contributed by atoms with Crippen molar-refractivity contribution in [1.82, 2.24) is 0 Å². The summed E-state index contributed by atoms with van der Waals surface area (Å²) in [5.74, 6) is 0.719. The van der Waals surface area contributed by atoms with Crippen LogP contribution >= 0.6 is 0 Å². The van der Waals surface area contributed by atoms with Crippen molar-refractivity contribution in [3.8, 4) is 5.75 Å². The van der Waals surface area contributed by atoms with Gasteiger partial charge in [-0.05, 0) is 35.4 Å². The third-order valence-electron chi connectivity index (χ3n) is 2.99. The van der Waals surface area contributed by atoms with E-state index in [2.05, 4.69) is 0 Å². The zero-order valence-corrected chi connectivity index (χ0v) is 12.5. The van der Waals surface area contributed by atoms with E-state index in [9.17, 15) is 4.79 Å². The Bertz CT molecular complexity index is 695. The molecule has 0 bridgehead atoms. The molecule has 2 rings (SSSR count). The number of benzene rings is 2. The lowest BCUT2D eigenvalue weighted by Gasteiger charge is -1.99. The first-order valence-corrected chi connectivity index (χ1v) is 7.04. The number of hydrogen-bond acceptors (Lipinski definition) is 2. The maximum atomic E-state index is 11.7. The molecular formula is C20H18O2. The van der Waals surface area contributed by atoms with E-state index in [0.717, 1.165) is 16.9 Å². The predicted octanol–water partition coefficient (Wildman–Crippen LogP) is 4.55. The van der Waals surface area contributed by atoms with Gasteiger partial charge in [0, 0.05) is 0 Å². The molecule has 0 saturated heterocycles. The van der Waals surface area contributed by atoms with Crippen LogP contribution in [0.3, 0.4) is 0 Å². The number of ketones is 1. The maximum absolute atomic E-state index is 11.7. The number of methoxy groups -OCH3 is 1. The van der Waals surface area contributed by atoms with E-state index in [4.69, 9.17) is 4.74 Å². The van der Waals surface area contributed by atoms with Gasteiger partial charge in [0.2, 0.25) is 0 Å². The minimum atomic E-state index is -0.0551. The second-order valence-corrected chi connectivity index (χ2v) is 4.64. The molecule has 0 heterocycles. The van der Waals surface area contributed by atoms with Crippen LogP contribution in [0, 0.1) is 0 Å². The van der Waals surface area contributed by atoms with Crippen LogP contribution in [0.1, 0.15) is 11.1 Å². The zero-order valence-electron chi connectivity index (χ0n) is 12.5. The molecule has 0 spiro atoms. The van der Waals surface area contributed by atoms with Crippen LogP contribution < -0.4 is 4.74 Å². The van der Waals surface area contributed by atoms with Crippen molar-refractivity contribution in [2.45, 2.75) is 0 Å². The molecule has 2 aromatic rings. The second-order valence-electron chi connectivity index (χ2n) is 4.64. The Morgan fingerprint density at radius 3 is 2.41 bits per heavy atom. The van der Waals surface area contributed by atoms with Crippen molar-refractivity contribution >= 4 is 17.9 Å². The molecule has 0 radical (unpaired) electrons. The Morgan fingerprint density at radius 1 is 0.864 bits per heavy atom. The van der Waals surface area contributed by atoms with E-state index >= 15 is 0 Å². The van der Waals surface area contributed by atoms with E-state index in [1.807, 2.05) is 66.7 Å². The summed E-state index contributed by atoms with van der Waals surface area (Å²) in [5, 5.41) is 0. The lowest BCUT2D eigenvalue weighted by Crippen LogP contribution is -1.85. The van der Waals surface area contributed by atoms with Gasteiger partial charge < -0.3 is 4.74 Å². The van der Waals surface area contributed by atoms with Gasteiger partial charge in [-0.3, -0.25) is 4.79 Å². The highest BCUT2D eigenvalue weighted by Gasteiger charge is 1.93. The van der Waals surface area contributed by atoms with Crippen LogP contribution in [0.15, 0.2) is 78.9 Å². The first kappa shape index (κ1) is 15.5. The van der Waals surface area contributed by atoms with Gasteiger partial charge in [-0.15, -0.1) is 0 Å². The van der Waals surface area contributed by atoms with Crippen molar-refractivity contribution in [2.24, 2.45) is 0 Å². The van der Waals surface area contributed by atoms with Gasteiger partial charge in [-0.2, -0.15) is 0 Å². The number of hydrogen-bond donors (Lipinski definition) is 0. The molecule has 0 N–H and O–H groups in total. The molecule has 0 saturated carbocycles. The van der Waals surface area contributed by atoms with E-state index in [0.29, 0.717) is 0 Å². The molecule has 2 nitrogen and oxygen atoms in total. The molecule has 0 unspecified atom stereocenters. The van der Waals surface area contributed by atoms with Gasteiger partial charge in [0.05, 0.1) is 7.11 Å². The van der Waals surface area contributed by atoms with Gasteiger partial charge in [-0.25, -0.2) is 0 Å². The Morgan fingerprint density at radius 2 is 1.64 bits per heavy atom. The third kappa shape index (κ3) is 5.25. The number of allylic oxidation sites excluding steroid dienone is 4. The summed E-state index contributed by atoms with van der Waals surface area (Å²) >= 11 is 0. The number of rotatable bonds is 6. The van der Waals surface area contributed by atoms with E-state index < -0.39 is 0 Å². The first-order chi connectivity index (χ1) is 10.8. The van der Waals surface area contributed by atoms with E-state index in [1.165, 1.54) is 6.08 Å². The largest absolute Gasteiger partial charge is 0.497 e. The molecule has 0 aliphatic heterocycles. The predicted molar refractivity (Wildman–Crippen MR) is 91.7 cm³/mol. The lowest BCUT2D eigenvalue weighted by molar-refractivity contribution is -0.110. The zero-order chi connectivity index (χ0) is 15.6. The molecule has 0 amide bonds. The monoisotopic (exact) mass is 290 g/mol. The van der Waals surface area contributed by atoms with Gasteiger partial charge >= 0.3 is 0 Å². The number of carbonyl (C=O) groups excluding carboxylic acids is 1. The highest BCUT2D eigenvalue weighted by atomic mass is 16.5. The smallest absolute Gasteiger partial charge is 0.178 e. The van der Waals surface area contributed by atoms with E-state index in [-0.39, 0.29) is 5.78 Å². The summed E-state index contributed by atoms with van der Waals surface area (Å²) < 4.78 is 5.14. The fourth-order valence-electron chi connectivity index (χ4n) is 1.86. The maximum Gasteiger partial charge on any atom is 0.178 e. The second kappa shape index (κ2) is 8.42. The molecule has 2 heteroatoms. The minimum absolute atomic E-state index is 0.0551. The Hall–Kier alpha value is -2.87. The summed E-state index contributed by atoms with van der Waals surface area (Å²) in [5.41, 5.74) is 2.03. The molecule has 0 aliphatic rings. The topological polar surface area (TPSA) is 26.3 Å². The standard InChI is InChI=1S/C20H18O2/c1-22-20-13-7-11-18(16-20)14-15-19(21)12-6-5-10-17-8-3-2-4-9-17/h2-16H,1H3/b10-5-,12-6-,15-14+. The molecule has 22 heavy (non-hydrogen) atoms. The molecule has 0 fully saturated rings. The highest BCUT2D eigenvalue weighted by molar-refractivity contribution is 6.02. The molecule has 0 atom stereocenters. The molecular weight excluding hydrogens is 272 g/mol. The summed E-state index contributed by atoms with van der Waals surface area (Å²) in [6.45, 7) is 0. The summed E-state index contributed by atoms with van der Waals surface area (Å²) in [7, 11) is 1.62. The third-order valence-corrected chi connectivity index (χ3v) is 2.99. The minimum Gasteiger partial charge on any atom is -0.497 e. The van der Waals surface area contributed by atoms with Crippen LogP contribution in [0.25, 0.3) is 12.2 Å². The van der Waals surface area contributed by atoms with Crippen LogP contribution in [-0.4, -0.2) is 12.9 Å². The van der Waals surface area contributed by atoms with Gasteiger partial charge in [0.1, 0.15) is 5.75 Å². The summed E-state index contributed by atoms with van der Waals surface area (Å²) in [4.78, 5) is 11.7. The fourth-order valence-corrected chi connectivity index (χ4v) is 1.86. The SMILES string of the molecule is COc1cccc(/C=C/C(=O)/C=C\C=C/c2ccccc2)c1. The molecule has 2 aromatic carbocycles. The molecule has 110 valence electrons. The quantitative estimate of drug-likeness (QED) is 0.576. The van der Waals surface area contributed by atoms with Crippen molar-refractivity contribution in [3.05, 3.63) is 90.0 Å². The van der Waals surface area contributed by atoms with Crippen molar-refractivity contribution < 1.29 is 9.53 Å². The normalized spacial score (nSPS) is 11.5. The Kier molecular flexibility index (Phi) is 5.94. The lowest BCUT2D eigenvalue weighted by atomic mass is 10.2. The van der Waals surface area contributed by atoms with Crippen molar-refractivity contribution in [1.29, 1.82) is 0 Å². The van der Waals surface area contributed by atoms with Crippen LogP contribution in [0.2, 0.25) is 0 Å². The van der Waals surface area contributed by atoms with Gasteiger partial charge in [0.25, 0.3) is 0 Å². The van der Waals surface area contributed by atoms with Gasteiger partial charge in [0.15, 0.2) is 5.78 Å². The number of ether oxygens (including phenoxy) is 1. The van der Waals surface area contributed by atoms with Crippen LogP contribution in [0.5, 0.6) is 5.75 Å². The van der Waals surface area contributed by atoms with Crippen LogP contribution in [0.4, 0.5) is 0 Å². The average molecular weight is 290 g/mol. The fraction of sp³-hybridized carbons (Fsp3) is 0.0500. The summed E-state index contributed by atoms with van der Waals surface area (Å²) in [6.07, 6.45) is 10.4. The van der Waals surface area contributed by atoms with Gasteiger partial charge in [-0.1, -0.05) is 66.8 Å². The van der Waals surface area contributed by atoms with Crippen molar-refractivity contribution in [3.63, 3.8) is 0 Å². The number of carbonyl (C=O) groups is 1. The average Bonchev–Trinajstić information content (AvgIpc) is 2.58. The first-order valence-electron chi connectivity index (χ1n) is 7.04. The van der Waals surface area contributed by atoms with E-state index in [1.54, 1.807) is 25.3 Å². The highest BCUT2D eigenvalue weighted by Crippen LogP contribution is 2.13. The Balaban J connectivity index is 1.90. The Labute approximate surface area is 131 Å². The van der Waals surface area contributed by atoms with Crippen LogP contribution in [-0.2, 0) is 4.79 Å². The molecule has 0 aromatic heterocycles. The summed E-state index contributed by atoms with van der Waals surface area (Å²) in [6, 6.07) is 17.5. The van der Waals surface area contributed by atoms with Crippen molar-refractivity contribution in [2.75, 3.05) is 7.11 Å².